The number of para-hydroxylation sites is 1. The quantitative estimate of drug-likeness (QED) is 0.534. The molecule has 0 heterocycles. The first-order chi connectivity index (χ1) is 12.1. The van der Waals surface area contributed by atoms with E-state index in [-0.39, 0.29) is 16.3 Å². The van der Waals surface area contributed by atoms with Crippen LogP contribution in [0.15, 0.2) is 53.6 Å². The Kier molecular flexibility index (Phi) is 6.14. The van der Waals surface area contributed by atoms with Crippen molar-refractivity contribution >= 4 is 38.7 Å². The number of hydrogen-bond acceptors (Lipinski definition) is 4. The molecular formula is C16H15ClF3N3O2S. The van der Waals surface area contributed by atoms with Gasteiger partial charge in [-0.05, 0) is 36.8 Å². The average molecular weight is 406 g/mol. The standard InChI is InChI=1S/C16H15ClF3N3O2S/c1-2-14(22-21-12-6-4-3-5-7-12)13-10-11(17)8-9-15(13)23-26(24,25)16(18,19)20/h3-10,21,23H,2H2,1H3. The second-order valence-corrected chi connectivity index (χ2v) is 7.24. The van der Waals surface area contributed by atoms with Gasteiger partial charge in [0.1, 0.15) is 0 Å². The van der Waals surface area contributed by atoms with Crippen LogP contribution in [0.25, 0.3) is 0 Å². The Balaban J connectivity index is 2.42. The van der Waals surface area contributed by atoms with E-state index in [1.54, 1.807) is 35.9 Å². The van der Waals surface area contributed by atoms with Crippen molar-refractivity contribution in [2.24, 2.45) is 5.10 Å². The van der Waals surface area contributed by atoms with E-state index in [0.717, 1.165) is 6.07 Å². The molecule has 0 amide bonds. The van der Waals surface area contributed by atoms with E-state index in [4.69, 9.17) is 11.6 Å². The SMILES string of the molecule is CCC(=NNc1ccccc1)c1cc(Cl)ccc1NS(=O)(=O)C(F)(F)F. The fraction of sp³-hybridized carbons (Fsp3) is 0.188. The molecule has 0 aliphatic carbocycles. The summed E-state index contributed by atoms with van der Waals surface area (Å²) in [6.07, 6.45) is 0.320. The molecule has 0 radical (unpaired) electrons. The van der Waals surface area contributed by atoms with Gasteiger partial charge < -0.3 is 0 Å². The summed E-state index contributed by atoms with van der Waals surface area (Å²) < 4.78 is 62.4. The summed E-state index contributed by atoms with van der Waals surface area (Å²) in [5.74, 6) is 0. The van der Waals surface area contributed by atoms with Crippen LogP contribution in [0.4, 0.5) is 24.5 Å². The number of hydrazone groups is 1. The van der Waals surface area contributed by atoms with Crippen molar-refractivity contribution < 1.29 is 21.6 Å². The minimum absolute atomic E-state index is 0.149. The van der Waals surface area contributed by atoms with Crippen molar-refractivity contribution in [3.05, 3.63) is 59.1 Å². The van der Waals surface area contributed by atoms with Gasteiger partial charge in [0.2, 0.25) is 0 Å². The molecule has 0 spiro atoms. The first kappa shape index (κ1) is 20.1. The minimum Gasteiger partial charge on any atom is -0.278 e. The van der Waals surface area contributed by atoms with Crippen molar-refractivity contribution in [2.75, 3.05) is 10.1 Å². The monoisotopic (exact) mass is 405 g/mol. The Hall–Kier alpha value is -2.26. The third-order valence-electron chi connectivity index (χ3n) is 3.27. The lowest BCUT2D eigenvalue weighted by Crippen LogP contribution is -2.30. The Bertz CT molecular complexity index is 901. The second-order valence-electron chi connectivity index (χ2n) is 5.13. The van der Waals surface area contributed by atoms with Gasteiger partial charge in [0.25, 0.3) is 0 Å². The van der Waals surface area contributed by atoms with Crippen LogP contribution in [0.2, 0.25) is 5.02 Å². The average Bonchev–Trinajstić information content (AvgIpc) is 2.57. The molecule has 140 valence electrons. The highest BCUT2D eigenvalue weighted by Gasteiger charge is 2.46. The molecule has 0 saturated heterocycles. The summed E-state index contributed by atoms with van der Waals surface area (Å²) in [5.41, 5.74) is -1.77. The molecule has 0 unspecified atom stereocenters. The maximum absolute atomic E-state index is 12.7. The van der Waals surface area contributed by atoms with Gasteiger partial charge in [-0.25, -0.2) is 0 Å². The Morgan fingerprint density at radius 3 is 2.38 bits per heavy atom. The molecule has 0 fully saturated rings. The van der Waals surface area contributed by atoms with Gasteiger partial charge in [-0.1, -0.05) is 36.7 Å². The van der Waals surface area contributed by atoms with Crippen molar-refractivity contribution in [3.63, 3.8) is 0 Å². The Labute approximate surface area is 153 Å². The fourth-order valence-corrected chi connectivity index (χ4v) is 2.78. The van der Waals surface area contributed by atoms with E-state index in [1.807, 2.05) is 6.07 Å². The van der Waals surface area contributed by atoms with E-state index >= 15 is 0 Å². The van der Waals surface area contributed by atoms with Crippen molar-refractivity contribution in [3.8, 4) is 0 Å². The summed E-state index contributed by atoms with van der Waals surface area (Å²) in [6.45, 7) is 1.73. The molecule has 5 nitrogen and oxygen atoms in total. The molecule has 0 atom stereocenters. The second kappa shape index (κ2) is 7.96. The number of nitrogens with one attached hydrogen (secondary N) is 2. The number of alkyl halides is 3. The summed E-state index contributed by atoms with van der Waals surface area (Å²) in [5, 5.41) is 4.40. The Morgan fingerprint density at radius 2 is 1.81 bits per heavy atom. The Morgan fingerprint density at radius 1 is 1.15 bits per heavy atom. The first-order valence-electron chi connectivity index (χ1n) is 7.40. The lowest BCUT2D eigenvalue weighted by Gasteiger charge is -2.15. The third kappa shape index (κ3) is 4.89. The van der Waals surface area contributed by atoms with Crippen molar-refractivity contribution in [1.82, 2.24) is 0 Å². The van der Waals surface area contributed by atoms with Crippen LogP contribution in [0.3, 0.4) is 0 Å². The summed E-state index contributed by atoms with van der Waals surface area (Å²) in [6, 6.07) is 12.7. The van der Waals surface area contributed by atoms with Crippen LogP contribution >= 0.6 is 11.6 Å². The highest BCUT2D eigenvalue weighted by Crippen LogP contribution is 2.29. The molecule has 0 aliphatic rings. The smallest absolute Gasteiger partial charge is 0.278 e. The van der Waals surface area contributed by atoms with E-state index in [1.165, 1.54) is 12.1 Å². The number of sulfonamides is 1. The zero-order valence-electron chi connectivity index (χ0n) is 13.5. The van der Waals surface area contributed by atoms with Crippen LogP contribution in [0.5, 0.6) is 0 Å². The zero-order valence-corrected chi connectivity index (χ0v) is 15.1. The normalized spacial score (nSPS) is 12.7. The highest BCUT2D eigenvalue weighted by atomic mass is 35.5. The first-order valence-corrected chi connectivity index (χ1v) is 9.27. The summed E-state index contributed by atoms with van der Waals surface area (Å²) >= 11 is 5.92. The molecule has 2 aromatic carbocycles. The molecule has 2 rings (SSSR count). The van der Waals surface area contributed by atoms with Gasteiger partial charge in [0, 0.05) is 10.6 Å². The highest BCUT2D eigenvalue weighted by molar-refractivity contribution is 7.93. The molecule has 0 aliphatic heterocycles. The maximum atomic E-state index is 12.7. The van der Waals surface area contributed by atoms with Crippen LogP contribution in [-0.2, 0) is 10.0 Å². The lowest BCUT2D eigenvalue weighted by molar-refractivity contribution is -0.0429. The van der Waals surface area contributed by atoms with E-state index in [0.29, 0.717) is 17.8 Å². The van der Waals surface area contributed by atoms with Crippen molar-refractivity contribution in [2.45, 2.75) is 18.9 Å². The molecule has 0 saturated carbocycles. The van der Waals surface area contributed by atoms with Crippen LogP contribution < -0.4 is 10.1 Å². The number of rotatable bonds is 6. The summed E-state index contributed by atoms with van der Waals surface area (Å²) in [4.78, 5) is 0. The number of nitrogens with zero attached hydrogens (tertiary/aromatic N) is 1. The van der Waals surface area contributed by atoms with Crippen LogP contribution in [0, 0.1) is 0 Å². The molecule has 0 aromatic heterocycles. The zero-order chi connectivity index (χ0) is 19.4. The van der Waals surface area contributed by atoms with Crippen molar-refractivity contribution in [1.29, 1.82) is 0 Å². The lowest BCUT2D eigenvalue weighted by atomic mass is 10.1. The predicted octanol–water partition coefficient (Wildman–Crippen LogP) is 4.83. The van der Waals surface area contributed by atoms with Gasteiger partial charge in [-0.2, -0.15) is 26.7 Å². The third-order valence-corrected chi connectivity index (χ3v) is 4.60. The molecule has 10 heteroatoms. The van der Waals surface area contributed by atoms with Gasteiger partial charge in [-0.3, -0.25) is 10.1 Å². The van der Waals surface area contributed by atoms with Gasteiger partial charge in [0.05, 0.1) is 17.1 Å². The molecular weight excluding hydrogens is 391 g/mol. The van der Waals surface area contributed by atoms with Gasteiger partial charge in [-0.15, -0.1) is 0 Å². The van der Waals surface area contributed by atoms with E-state index in [9.17, 15) is 21.6 Å². The minimum atomic E-state index is -5.56. The topological polar surface area (TPSA) is 70.6 Å². The maximum Gasteiger partial charge on any atom is 0.516 e. The number of hydrogen-bond donors (Lipinski definition) is 2. The molecule has 2 N–H and O–H groups in total. The predicted molar refractivity (Wildman–Crippen MR) is 96.9 cm³/mol. The van der Waals surface area contributed by atoms with Gasteiger partial charge in [0.15, 0.2) is 0 Å². The summed E-state index contributed by atoms with van der Waals surface area (Å²) in [7, 11) is -5.56. The van der Waals surface area contributed by atoms with E-state index in [2.05, 4.69) is 10.5 Å². The number of halogens is 4. The van der Waals surface area contributed by atoms with Crippen LogP contribution in [0.1, 0.15) is 18.9 Å². The largest absolute Gasteiger partial charge is 0.516 e. The number of benzene rings is 2. The van der Waals surface area contributed by atoms with E-state index < -0.39 is 15.5 Å². The van der Waals surface area contributed by atoms with Gasteiger partial charge >= 0.3 is 15.5 Å². The fourth-order valence-electron chi connectivity index (χ4n) is 2.02. The molecule has 26 heavy (non-hydrogen) atoms. The molecule has 2 aromatic rings. The number of anilines is 2. The molecule has 0 bridgehead atoms. The van der Waals surface area contributed by atoms with Crippen LogP contribution in [-0.4, -0.2) is 19.6 Å².